The number of amides is 1. The smallest absolute Gasteiger partial charge is 0.271 e. The summed E-state index contributed by atoms with van der Waals surface area (Å²) in [6, 6.07) is 0. The highest BCUT2D eigenvalue weighted by molar-refractivity contribution is 7.88. The summed E-state index contributed by atoms with van der Waals surface area (Å²) in [5.74, 6) is -0.0880. The van der Waals surface area contributed by atoms with Crippen molar-refractivity contribution in [3.63, 3.8) is 0 Å². The van der Waals surface area contributed by atoms with Gasteiger partial charge in [-0.1, -0.05) is 0 Å². The molecule has 0 radical (unpaired) electrons. The lowest BCUT2D eigenvalue weighted by atomic mass is 10.2. The molecule has 1 saturated heterocycles. The third-order valence-electron chi connectivity index (χ3n) is 3.96. The SMILES string of the molecule is Cc1cnc(C(=O)N[C@@]23C[C@H]2CN(S(C)(=O)=O)C3)cn1. The molecule has 1 aliphatic heterocycles. The van der Waals surface area contributed by atoms with E-state index in [-0.39, 0.29) is 17.5 Å². The predicted octanol–water partition coefficient (Wildman–Crippen LogP) is -0.451. The van der Waals surface area contributed by atoms with Crippen molar-refractivity contribution in [2.24, 2.45) is 5.92 Å². The number of hydrogen-bond acceptors (Lipinski definition) is 5. The van der Waals surface area contributed by atoms with E-state index in [1.54, 1.807) is 6.92 Å². The number of sulfonamides is 1. The number of piperidine rings is 1. The molecule has 0 aromatic carbocycles. The Labute approximate surface area is 117 Å². The lowest BCUT2D eigenvalue weighted by Crippen LogP contribution is -2.43. The van der Waals surface area contributed by atoms with Crippen LogP contribution in [-0.4, -0.2) is 53.5 Å². The second-order valence-corrected chi connectivity index (χ2v) is 7.59. The van der Waals surface area contributed by atoms with Crippen LogP contribution in [0.1, 0.15) is 22.6 Å². The molecule has 0 spiro atoms. The first-order valence-corrected chi connectivity index (χ1v) is 8.21. The molecule has 1 amide bonds. The fourth-order valence-corrected chi connectivity index (χ4v) is 3.60. The zero-order valence-electron chi connectivity index (χ0n) is 11.3. The summed E-state index contributed by atoms with van der Waals surface area (Å²) in [7, 11) is -3.20. The van der Waals surface area contributed by atoms with Gasteiger partial charge in [0.25, 0.3) is 5.91 Å². The van der Waals surface area contributed by atoms with E-state index < -0.39 is 15.6 Å². The van der Waals surface area contributed by atoms with Crippen LogP contribution in [0.2, 0.25) is 0 Å². The number of rotatable bonds is 3. The minimum absolute atomic E-state index is 0.208. The highest BCUT2D eigenvalue weighted by Crippen LogP contribution is 2.50. The van der Waals surface area contributed by atoms with E-state index in [1.807, 2.05) is 0 Å². The molecule has 20 heavy (non-hydrogen) atoms. The topological polar surface area (TPSA) is 92.3 Å². The number of carbonyl (C=O) groups is 1. The van der Waals surface area contributed by atoms with E-state index in [9.17, 15) is 13.2 Å². The summed E-state index contributed by atoms with van der Waals surface area (Å²) in [6.45, 7) is 2.63. The Morgan fingerprint density at radius 3 is 2.75 bits per heavy atom. The van der Waals surface area contributed by atoms with Crippen LogP contribution >= 0.6 is 0 Å². The van der Waals surface area contributed by atoms with Crippen LogP contribution in [0.5, 0.6) is 0 Å². The fraction of sp³-hybridized carbons (Fsp3) is 0.583. The van der Waals surface area contributed by atoms with E-state index in [1.165, 1.54) is 23.0 Å². The predicted molar refractivity (Wildman–Crippen MR) is 71.5 cm³/mol. The lowest BCUT2D eigenvalue weighted by molar-refractivity contribution is 0.0924. The van der Waals surface area contributed by atoms with Gasteiger partial charge in [0.05, 0.1) is 23.7 Å². The van der Waals surface area contributed by atoms with Crippen LogP contribution in [0.3, 0.4) is 0 Å². The van der Waals surface area contributed by atoms with Crippen molar-refractivity contribution < 1.29 is 13.2 Å². The lowest BCUT2D eigenvalue weighted by Gasteiger charge is -2.19. The van der Waals surface area contributed by atoms with E-state index in [4.69, 9.17) is 0 Å². The molecule has 7 nitrogen and oxygen atoms in total. The van der Waals surface area contributed by atoms with Gasteiger partial charge in [-0.3, -0.25) is 9.78 Å². The molecule has 0 unspecified atom stereocenters. The Hall–Kier alpha value is -1.54. The van der Waals surface area contributed by atoms with E-state index in [0.29, 0.717) is 13.1 Å². The molecule has 2 fully saturated rings. The molecule has 8 heteroatoms. The first-order chi connectivity index (χ1) is 9.30. The molecule has 3 rings (SSSR count). The molecular weight excluding hydrogens is 280 g/mol. The summed E-state index contributed by atoms with van der Waals surface area (Å²) in [5, 5.41) is 2.92. The molecule has 1 aliphatic carbocycles. The van der Waals surface area contributed by atoms with Crippen molar-refractivity contribution in [1.29, 1.82) is 0 Å². The van der Waals surface area contributed by atoms with Crippen molar-refractivity contribution in [3.05, 3.63) is 23.8 Å². The van der Waals surface area contributed by atoms with Crippen LogP contribution in [-0.2, 0) is 10.0 Å². The molecule has 1 N–H and O–H groups in total. The second-order valence-electron chi connectivity index (χ2n) is 5.61. The molecule has 2 atom stereocenters. The van der Waals surface area contributed by atoms with Crippen molar-refractivity contribution in [2.75, 3.05) is 19.3 Å². The minimum atomic E-state index is -3.20. The van der Waals surface area contributed by atoms with Crippen LogP contribution in [0.25, 0.3) is 0 Å². The Morgan fingerprint density at radius 1 is 1.45 bits per heavy atom. The molecule has 1 saturated carbocycles. The summed E-state index contributed by atoms with van der Waals surface area (Å²) in [5.41, 5.74) is 0.591. The van der Waals surface area contributed by atoms with E-state index >= 15 is 0 Å². The number of nitrogens with zero attached hydrogens (tertiary/aromatic N) is 3. The Balaban J connectivity index is 1.70. The maximum Gasteiger partial charge on any atom is 0.271 e. The van der Waals surface area contributed by atoms with Gasteiger partial charge in [-0.05, 0) is 19.3 Å². The summed E-state index contributed by atoms with van der Waals surface area (Å²) < 4.78 is 24.5. The first kappa shape index (κ1) is 13.4. The van der Waals surface area contributed by atoms with Crippen LogP contribution in [0, 0.1) is 12.8 Å². The second kappa shape index (κ2) is 4.23. The van der Waals surface area contributed by atoms with Crippen LogP contribution < -0.4 is 5.32 Å². The van der Waals surface area contributed by atoms with Crippen LogP contribution in [0.15, 0.2) is 12.4 Å². The molecule has 1 aromatic rings. The average molecular weight is 296 g/mol. The van der Waals surface area contributed by atoms with Gasteiger partial charge in [-0.2, -0.15) is 4.31 Å². The van der Waals surface area contributed by atoms with Crippen molar-refractivity contribution in [2.45, 2.75) is 18.9 Å². The maximum atomic E-state index is 12.1. The normalized spacial score (nSPS) is 29.0. The van der Waals surface area contributed by atoms with E-state index in [0.717, 1.165) is 12.1 Å². The van der Waals surface area contributed by atoms with Gasteiger partial charge in [0.1, 0.15) is 5.69 Å². The molecule has 2 heterocycles. The number of aromatic nitrogens is 2. The summed E-state index contributed by atoms with van der Waals surface area (Å²) >= 11 is 0. The third kappa shape index (κ3) is 2.29. The molecular formula is C12H16N4O3S. The standard InChI is InChI=1S/C12H16N4O3S/c1-8-4-14-10(5-13-8)11(17)15-12-3-9(12)6-16(7-12)20(2,18)19/h4-5,9H,3,6-7H2,1-2H3,(H,15,17)/t9-,12+/m0/s1. The van der Waals surface area contributed by atoms with Gasteiger partial charge in [0.15, 0.2) is 0 Å². The van der Waals surface area contributed by atoms with Gasteiger partial charge in [0, 0.05) is 19.3 Å². The monoisotopic (exact) mass is 296 g/mol. The van der Waals surface area contributed by atoms with Crippen molar-refractivity contribution in [3.8, 4) is 0 Å². The number of nitrogens with one attached hydrogen (secondary N) is 1. The molecule has 108 valence electrons. The average Bonchev–Trinajstić information content (AvgIpc) is 2.89. The molecule has 2 aliphatic rings. The number of fused-ring (bicyclic) bond motifs is 1. The first-order valence-electron chi connectivity index (χ1n) is 6.36. The minimum Gasteiger partial charge on any atom is -0.344 e. The highest BCUT2D eigenvalue weighted by Gasteiger charge is 2.62. The van der Waals surface area contributed by atoms with Gasteiger partial charge < -0.3 is 5.32 Å². The van der Waals surface area contributed by atoms with Gasteiger partial charge in [-0.15, -0.1) is 0 Å². The Morgan fingerprint density at radius 2 is 2.20 bits per heavy atom. The number of hydrogen-bond donors (Lipinski definition) is 1. The quantitative estimate of drug-likeness (QED) is 0.815. The van der Waals surface area contributed by atoms with Crippen LogP contribution in [0.4, 0.5) is 0 Å². The molecule has 1 aromatic heterocycles. The van der Waals surface area contributed by atoms with Crippen molar-refractivity contribution in [1.82, 2.24) is 19.6 Å². The van der Waals surface area contributed by atoms with E-state index in [2.05, 4.69) is 15.3 Å². The Kier molecular flexibility index (Phi) is 2.84. The Bertz CT molecular complexity index is 658. The van der Waals surface area contributed by atoms with Gasteiger partial charge in [-0.25, -0.2) is 13.4 Å². The third-order valence-corrected chi connectivity index (χ3v) is 5.18. The summed E-state index contributed by atoms with van der Waals surface area (Å²) in [4.78, 5) is 20.2. The molecule has 0 bridgehead atoms. The van der Waals surface area contributed by atoms with Gasteiger partial charge in [0.2, 0.25) is 10.0 Å². The zero-order chi connectivity index (χ0) is 14.5. The zero-order valence-corrected chi connectivity index (χ0v) is 12.1. The highest BCUT2D eigenvalue weighted by atomic mass is 32.2. The largest absolute Gasteiger partial charge is 0.344 e. The fourth-order valence-electron chi connectivity index (χ4n) is 2.68. The maximum absolute atomic E-state index is 12.1. The summed E-state index contributed by atoms with van der Waals surface area (Å²) in [6.07, 6.45) is 4.99. The van der Waals surface area contributed by atoms with Crippen molar-refractivity contribution >= 4 is 15.9 Å². The number of carbonyl (C=O) groups excluding carboxylic acids is 1. The van der Waals surface area contributed by atoms with Gasteiger partial charge >= 0.3 is 0 Å². The number of aryl methyl sites for hydroxylation is 1.